The van der Waals surface area contributed by atoms with Crippen LogP contribution in [-0.4, -0.2) is 46.6 Å². The summed E-state index contributed by atoms with van der Waals surface area (Å²) in [6.45, 7) is 2.51. The number of benzene rings is 2. The lowest BCUT2D eigenvalue weighted by molar-refractivity contribution is -0.218. The van der Waals surface area contributed by atoms with Crippen LogP contribution >= 0.6 is 24.0 Å². The Hall–Kier alpha value is -1.79. The number of aromatic hydroxyl groups is 1. The molecule has 1 spiro atoms. The number of hydrogen-bond acceptors (Lipinski definition) is 5. The second-order valence-corrected chi connectivity index (χ2v) is 11.0. The Morgan fingerprint density at radius 1 is 1.15 bits per heavy atom. The van der Waals surface area contributed by atoms with E-state index >= 15 is 0 Å². The summed E-state index contributed by atoms with van der Waals surface area (Å²) in [5.41, 5.74) is 2.26. The minimum Gasteiger partial charge on any atom is -0.504 e. The monoisotopic (exact) mass is 501 g/mol. The first-order chi connectivity index (χ1) is 16.0. The Morgan fingerprint density at radius 3 is 2.71 bits per heavy atom. The van der Waals surface area contributed by atoms with Gasteiger partial charge in [0.25, 0.3) is 0 Å². The van der Waals surface area contributed by atoms with Crippen LogP contribution in [0, 0.1) is 5.92 Å². The number of rotatable bonds is 5. The van der Waals surface area contributed by atoms with Crippen LogP contribution in [0.2, 0.25) is 5.02 Å². The number of ether oxygens (including phenoxy) is 2. The maximum Gasteiger partial charge on any atom is 0.174 e. The van der Waals surface area contributed by atoms with Gasteiger partial charge in [0.1, 0.15) is 0 Å². The van der Waals surface area contributed by atoms with E-state index < -0.39 is 17.1 Å². The second-order valence-electron chi connectivity index (χ2n) is 10.6. The van der Waals surface area contributed by atoms with E-state index in [1.165, 1.54) is 18.4 Å². The molecule has 5 nitrogen and oxygen atoms in total. The van der Waals surface area contributed by atoms with Gasteiger partial charge < -0.3 is 14.6 Å². The lowest BCUT2D eigenvalue weighted by Gasteiger charge is -2.64. The summed E-state index contributed by atoms with van der Waals surface area (Å²) in [6.07, 6.45) is 4.87. The van der Waals surface area contributed by atoms with Crippen LogP contribution in [0.5, 0.6) is 11.5 Å². The quantitative estimate of drug-likeness (QED) is 0.635. The summed E-state index contributed by atoms with van der Waals surface area (Å²) in [7, 11) is 0. The molecule has 0 unspecified atom stereocenters. The number of piperidine rings is 1. The van der Waals surface area contributed by atoms with Crippen molar-refractivity contribution < 1.29 is 19.4 Å². The number of Topliss-reactive ketones (excluding diaryl/α,β-unsaturated/α-hetero) is 1. The van der Waals surface area contributed by atoms with Gasteiger partial charge >= 0.3 is 0 Å². The van der Waals surface area contributed by atoms with Crippen LogP contribution in [0.15, 0.2) is 36.4 Å². The van der Waals surface area contributed by atoms with E-state index in [1.807, 2.05) is 30.3 Å². The van der Waals surface area contributed by atoms with Gasteiger partial charge in [-0.15, -0.1) is 12.4 Å². The molecule has 7 heteroatoms. The van der Waals surface area contributed by atoms with E-state index in [-0.39, 0.29) is 30.0 Å². The molecule has 1 saturated heterocycles. The lowest BCUT2D eigenvalue weighted by Crippen LogP contribution is -2.77. The van der Waals surface area contributed by atoms with Crippen LogP contribution in [0.25, 0.3) is 0 Å². The van der Waals surface area contributed by atoms with Crippen molar-refractivity contribution in [3.8, 4) is 11.5 Å². The average molecular weight is 502 g/mol. The van der Waals surface area contributed by atoms with Crippen molar-refractivity contribution in [3.63, 3.8) is 0 Å². The van der Waals surface area contributed by atoms with Gasteiger partial charge in [0.15, 0.2) is 23.4 Å². The topological polar surface area (TPSA) is 59.0 Å². The summed E-state index contributed by atoms with van der Waals surface area (Å²) in [5.74, 6) is 1.57. The zero-order valence-electron chi connectivity index (χ0n) is 19.0. The molecule has 5 aliphatic rings. The van der Waals surface area contributed by atoms with Gasteiger partial charge in [0, 0.05) is 29.6 Å². The molecule has 2 bridgehead atoms. The summed E-state index contributed by atoms with van der Waals surface area (Å²) in [4.78, 5) is 15.9. The van der Waals surface area contributed by atoms with Gasteiger partial charge in [-0.2, -0.15) is 0 Å². The number of halogens is 2. The molecule has 0 amide bonds. The number of carbonyl (C=O) groups is 1. The molecule has 3 fully saturated rings. The van der Waals surface area contributed by atoms with Crippen LogP contribution < -0.4 is 4.74 Å². The SMILES string of the molecule is Cl.O=C1CC[C@@]2(OCc3ccc(Cl)cc3)[C@H]3Cc4ccc(O)c5c4[C@@]2(CCN3CC2CC2)[C@H]1O5. The third kappa shape index (κ3) is 2.97. The molecule has 2 saturated carbocycles. The largest absolute Gasteiger partial charge is 0.504 e. The van der Waals surface area contributed by atoms with Crippen molar-refractivity contribution in [2.45, 2.75) is 68.3 Å². The molecule has 3 aliphatic carbocycles. The maximum atomic E-state index is 13.3. The molecular weight excluding hydrogens is 473 g/mol. The van der Waals surface area contributed by atoms with Crippen molar-refractivity contribution in [2.75, 3.05) is 13.1 Å². The van der Waals surface area contributed by atoms with Gasteiger partial charge in [-0.05, 0) is 73.9 Å². The van der Waals surface area contributed by atoms with Crippen LogP contribution in [0.1, 0.15) is 48.8 Å². The highest BCUT2D eigenvalue weighted by Crippen LogP contribution is 2.66. The third-order valence-corrected chi connectivity index (χ3v) is 9.18. The Kier molecular flexibility index (Phi) is 5.24. The fourth-order valence-corrected chi connectivity index (χ4v) is 7.45. The molecule has 2 aromatic carbocycles. The number of phenolic OH excluding ortho intramolecular Hbond substituents is 1. The van der Waals surface area contributed by atoms with Crippen molar-refractivity contribution in [2.24, 2.45) is 5.92 Å². The molecule has 2 heterocycles. The van der Waals surface area contributed by atoms with Crippen LogP contribution in [0.3, 0.4) is 0 Å². The Labute approximate surface area is 210 Å². The van der Waals surface area contributed by atoms with Crippen LogP contribution in [0.4, 0.5) is 0 Å². The van der Waals surface area contributed by atoms with Gasteiger partial charge in [-0.25, -0.2) is 0 Å². The Balaban J connectivity index is 0.00000217. The average Bonchev–Trinajstić information content (AvgIpc) is 3.56. The normalized spacial score (nSPS) is 33.1. The van der Waals surface area contributed by atoms with E-state index in [0.717, 1.165) is 43.0 Å². The molecule has 4 atom stereocenters. The second kappa shape index (κ2) is 7.86. The minimum atomic E-state index is -0.579. The van der Waals surface area contributed by atoms with Gasteiger partial charge in [-0.1, -0.05) is 29.8 Å². The van der Waals surface area contributed by atoms with E-state index in [1.54, 1.807) is 6.07 Å². The summed E-state index contributed by atoms with van der Waals surface area (Å²) in [6, 6.07) is 11.8. The molecule has 180 valence electrons. The van der Waals surface area contributed by atoms with E-state index in [9.17, 15) is 9.90 Å². The van der Waals surface area contributed by atoms with Gasteiger partial charge in [-0.3, -0.25) is 9.69 Å². The highest BCUT2D eigenvalue weighted by atomic mass is 35.5. The predicted molar refractivity (Wildman–Crippen MR) is 131 cm³/mol. The van der Waals surface area contributed by atoms with Crippen molar-refractivity contribution >= 4 is 29.8 Å². The molecule has 2 aliphatic heterocycles. The third-order valence-electron chi connectivity index (χ3n) is 8.93. The minimum absolute atomic E-state index is 0. The summed E-state index contributed by atoms with van der Waals surface area (Å²) >= 11 is 6.11. The molecule has 7 rings (SSSR count). The fourth-order valence-electron chi connectivity index (χ4n) is 7.32. The molecular formula is C27H29Cl2NO4. The van der Waals surface area contributed by atoms with E-state index in [2.05, 4.69) is 4.90 Å². The Morgan fingerprint density at radius 2 is 1.94 bits per heavy atom. The predicted octanol–water partition coefficient (Wildman–Crippen LogP) is 4.83. The number of nitrogens with zero attached hydrogens (tertiary/aromatic N) is 1. The zero-order valence-corrected chi connectivity index (χ0v) is 20.5. The lowest BCUT2D eigenvalue weighted by atomic mass is 9.48. The van der Waals surface area contributed by atoms with Crippen molar-refractivity contribution in [3.05, 3.63) is 58.1 Å². The van der Waals surface area contributed by atoms with Crippen molar-refractivity contribution in [1.82, 2.24) is 4.90 Å². The first kappa shape index (κ1) is 22.7. The number of ketones is 1. The number of phenols is 1. The van der Waals surface area contributed by atoms with E-state index in [4.69, 9.17) is 21.1 Å². The summed E-state index contributed by atoms with van der Waals surface area (Å²) in [5, 5.41) is 11.4. The first-order valence-electron chi connectivity index (χ1n) is 12.2. The molecule has 2 aromatic rings. The molecule has 0 aromatic heterocycles. The van der Waals surface area contributed by atoms with E-state index in [0.29, 0.717) is 30.2 Å². The Bertz CT molecular complexity index is 1150. The standard InChI is InChI=1S/C27H28ClNO4.ClH/c28-19-6-3-17(4-7-19)15-32-27-10-9-21(31)25-26(27)11-12-29(14-16-1-2-16)22(27)13-18-5-8-20(30)24(33-25)23(18)26;/h3-8,16,22,25,30H,1-2,9-15H2;1H/t22-,25+,26+,27-;/m1./s1. The highest BCUT2D eigenvalue weighted by molar-refractivity contribution is 6.30. The highest BCUT2D eigenvalue weighted by Gasteiger charge is 2.74. The number of carbonyl (C=O) groups excluding carboxylic acids is 1. The maximum absolute atomic E-state index is 13.3. The molecule has 34 heavy (non-hydrogen) atoms. The zero-order chi connectivity index (χ0) is 22.4. The van der Waals surface area contributed by atoms with Crippen molar-refractivity contribution in [1.29, 1.82) is 0 Å². The molecule has 0 radical (unpaired) electrons. The number of likely N-dealkylation sites (tertiary alicyclic amines) is 1. The van der Waals surface area contributed by atoms with Crippen LogP contribution in [-0.2, 0) is 28.0 Å². The fraction of sp³-hybridized carbons (Fsp3) is 0.519. The smallest absolute Gasteiger partial charge is 0.174 e. The summed E-state index contributed by atoms with van der Waals surface area (Å²) < 4.78 is 13.4. The van der Waals surface area contributed by atoms with Gasteiger partial charge in [0.05, 0.1) is 17.6 Å². The number of hydrogen-bond donors (Lipinski definition) is 1. The first-order valence-corrected chi connectivity index (χ1v) is 12.6. The van der Waals surface area contributed by atoms with Gasteiger partial charge in [0.2, 0.25) is 0 Å². The molecule has 1 N–H and O–H groups in total.